The number of rotatable bonds is 5. The van der Waals surface area contributed by atoms with Crippen LogP contribution in [-0.4, -0.2) is 36.6 Å². The van der Waals surface area contributed by atoms with Crippen molar-refractivity contribution in [2.24, 2.45) is 0 Å². The fourth-order valence-corrected chi connectivity index (χ4v) is 5.57. The Morgan fingerprint density at radius 2 is 1.66 bits per heavy atom. The minimum Gasteiger partial charge on any atom is -0.486 e. The Hall–Kier alpha value is -3.96. The predicted molar refractivity (Wildman–Crippen MR) is 135 cm³/mol. The van der Waals surface area contributed by atoms with Crippen molar-refractivity contribution in [1.82, 2.24) is 15.0 Å². The maximum absolute atomic E-state index is 13.2. The van der Waals surface area contributed by atoms with E-state index < -0.39 is 10.0 Å². The van der Waals surface area contributed by atoms with Crippen molar-refractivity contribution in [3.8, 4) is 11.5 Å². The summed E-state index contributed by atoms with van der Waals surface area (Å²) in [6.07, 6.45) is 0. The van der Waals surface area contributed by atoms with E-state index in [-0.39, 0.29) is 16.5 Å². The zero-order chi connectivity index (χ0) is 24.0. The number of hydrogen-bond donors (Lipinski definition) is 1. The summed E-state index contributed by atoms with van der Waals surface area (Å²) < 4.78 is 42.6. The van der Waals surface area contributed by atoms with Gasteiger partial charge in [-0.1, -0.05) is 18.2 Å². The molecule has 11 heteroatoms. The number of ether oxygens (including phenoxy) is 2. The number of thiazole rings is 1. The predicted octanol–water partition coefficient (Wildman–Crippen LogP) is 5.46. The first-order chi connectivity index (χ1) is 16.9. The first-order valence-corrected chi connectivity index (χ1v) is 13.0. The van der Waals surface area contributed by atoms with Crippen molar-refractivity contribution in [3.63, 3.8) is 0 Å². The first kappa shape index (κ1) is 21.6. The zero-order valence-corrected chi connectivity index (χ0v) is 20.1. The van der Waals surface area contributed by atoms with E-state index >= 15 is 0 Å². The molecule has 1 aliphatic rings. The average molecular weight is 505 g/mol. The van der Waals surface area contributed by atoms with E-state index in [0.29, 0.717) is 35.7 Å². The number of nitrogens with one attached hydrogen (secondary N) is 1. The molecule has 0 radical (unpaired) electrons. The second-order valence-electron chi connectivity index (χ2n) is 7.80. The number of nitrogens with zero attached hydrogens (tertiary/aromatic N) is 4. The molecule has 6 rings (SSSR count). The van der Waals surface area contributed by atoms with Gasteiger partial charge in [-0.3, -0.25) is 0 Å². The maximum atomic E-state index is 13.2. The lowest BCUT2D eigenvalue weighted by atomic mass is 10.3. The van der Waals surface area contributed by atoms with Gasteiger partial charge in [-0.25, -0.2) is 18.4 Å². The van der Waals surface area contributed by atoms with Crippen LogP contribution in [0.25, 0.3) is 26.0 Å². The van der Waals surface area contributed by atoms with Gasteiger partial charge in [0.25, 0.3) is 0 Å². The Balaban J connectivity index is 1.39. The molecule has 3 heterocycles. The van der Waals surface area contributed by atoms with Crippen LogP contribution in [0.2, 0.25) is 0 Å². The normalized spacial score (nSPS) is 13.2. The van der Waals surface area contributed by atoms with E-state index in [1.807, 2.05) is 43.3 Å². The number of anilines is 2. The molecule has 0 unspecified atom stereocenters. The molecular weight excluding hydrogens is 486 g/mol. The molecule has 0 bridgehead atoms. The molecule has 1 aliphatic heterocycles. The monoisotopic (exact) mass is 504 g/mol. The summed E-state index contributed by atoms with van der Waals surface area (Å²) in [5.74, 6) is 1.05. The van der Waals surface area contributed by atoms with Gasteiger partial charge in [0.05, 0.1) is 25.6 Å². The molecule has 176 valence electrons. The lowest BCUT2D eigenvalue weighted by Gasteiger charge is -2.22. The molecular formula is C24H18N5O4S2-. The number of sulfonamides is 1. The lowest BCUT2D eigenvalue weighted by molar-refractivity contribution is 0.171. The van der Waals surface area contributed by atoms with Gasteiger partial charge in [-0.15, -0.1) is 11.3 Å². The Kier molecular flexibility index (Phi) is 5.15. The summed E-state index contributed by atoms with van der Waals surface area (Å²) in [7, 11) is -4.12. The molecule has 0 aliphatic carbocycles. The summed E-state index contributed by atoms with van der Waals surface area (Å²) in [5.41, 5.74) is 2.76. The van der Waals surface area contributed by atoms with Crippen LogP contribution >= 0.6 is 11.3 Å². The minimum atomic E-state index is -4.12. The summed E-state index contributed by atoms with van der Waals surface area (Å²) in [4.78, 5) is 13.6. The van der Waals surface area contributed by atoms with Gasteiger partial charge in [-0.05, 0) is 54.7 Å². The van der Waals surface area contributed by atoms with Gasteiger partial charge < -0.3 is 24.5 Å². The van der Waals surface area contributed by atoms with Crippen LogP contribution in [0.1, 0.15) is 5.01 Å². The van der Waals surface area contributed by atoms with Gasteiger partial charge in [0.15, 0.2) is 11.5 Å². The number of fused-ring (bicyclic) bond motifs is 3. The van der Waals surface area contributed by atoms with Gasteiger partial charge in [0.2, 0.25) is 10.0 Å². The van der Waals surface area contributed by atoms with E-state index in [0.717, 1.165) is 20.9 Å². The third kappa shape index (κ3) is 4.19. The number of aromatic nitrogens is 3. The molecule has 0 fully saturated rings. The van der Waals surface area contributed by atoms with Crippen molar-refractivity contribution in [2.75, 3.05) is 18.5 Å². The van der Waals surface area contributed by atoms with Gasteiger partial charge >= 0.3 is 0 Å². The first-order valence-electron chi connectivity index (χ1n) is 10.7. The van der Waals surface area contributed by atoms with Crippen molar-refractivity contribution < 1.29 is 17.9 Å². The highest BCUT2D eigenvalue weighted by atomic mass is 32.2. The molecule has 2 aromatic heterocycles. The molecule has 0 saturated heterocycles. The fraction of sp³-hybridized carbons (Fsp3) is 0.125. The van der Waals surface area contributed by atoms with E-state index in [4.69, 9.17) is 9.47 Å². The van der Waals surface area contributed by atoms with Crippen LogP contribution in [0.4, 0.5) is 17.3 Å². The number of benzene rings is 3. The largest absolute Gasteiger partial charge is 0.486 e. The zero-order valence-electron chi connectivity index (χ0n) is 18.4. The van der Waals surface area contributed by atoms with E-state index in [2.05, 4.69) is 25.0 Å². The second kappa shape index (κ2) is 8.36. The van der Waals surface area contributed by atoms with E-state index in [9.17, 15) is 8.42 Å². The topological polar surface area (TPSA) is 117 Å². The Labute approximate surface area is 204 Å². The van der Waals surface area contributed by atoms with Crippen molar-refractivity contribution >= 4 is 59.9 Å². The average Bonchev–Trinajstić information content (AvgIpc) is 3.23. The molecule has 0 saturated carbocycles. The van der Waals surface area contributed by atoms with Crippen LogP contribution in [0.5, 0.6) is 11.5 Å². The van der Waals surface area contributed by atoms with Crippen LogP contribution in [0, 0.1) is 6.92 Å². The van der Waals surface area contributed by atoms with Gasteiger partial charge in [0.1, 0.15) is 19.0 Å². The molecule has 35 heavy (non-hydrogen) atoms. The Morgan fingerprint density at radius 1 is 0.886 bits per heavy atom. The summed E-state index contributed by atoms with van der Waals surface area (Å²) >= 11 is 1.57. The highest BCUT2D eigenvalue weighted by Crippen LogP contribution is 2.38. The highest BCUT2D eigenvalue weighted by molar-refractivity contribution is 7.94. The molecule has 5 aromatic rings. The maximum Gasteiger partial charge on any atom is 0.202 e. The number of para-hydroxylation sites is 2. The molecule has 0 amide bonds. The molecule has 0 spiro atoms. The third-order valence-electron chi connectivity index (χ3n) is 5.33. The molecule has 0 atom stereocenters. The van der Waals surface area contributed by atoms with Crippen LogP contribution in [0.15, 0.2) is 65.6 Å². The quantitative estimate of drug-likeness (QED) is 0.335. The third-order valence-corrected chi connectivity index (χ3v) is 7.52. The lowest BCUT2D eigenvalue weighted by Crippen LogP contribution is -2.15. The standard InChI is InChI=1S/C24H18N5O4S2/c1-14-25-19-8-6-15(12-22(19)34-14)26-23-24(28-18-5-3-2-4-17(18)27-23)29-35(30,31)16-7-9-20-21(13-16)33-11-10-32-20/h2-9,12-13H,10-11H2,1H3,(H-,26,27,28,29)/q-1. The molecule has 1 N–H and O–H groups in total. The molecule has 3 aromatic carbocycles. The fourth-order valence-electron chi connectivity index (χ4n) is 3.74. The van der Waals surface area contributed by atoms with Crippen molar-refractivity contribution in [2.45, 2.75) is 11.8 Å². The smallest absolute Gasteiger partial charge is 0.202 e. The van der Waals surface area contributed by atoms with Crippen LogP contribution < -0.4 is 14.8 Å². The van der Waals surface area contributed by atoms with Crippen LogP contribution in [-0.2, 0) is 10.0 Å². The Morgan fingerprint density at radius 3 is 2.49 bits per heavy atom. The van der Waals surface area contributed by atoms with Gasteiger partial charge in [0, 0.05) is 11.8 Å². The summed E-state index contributed by atoms with van der Waals surface area (Å²) in [5, 5.41) is 4.15. The second-order valence-corrected chi connectivity index (χ2v) is 10.6. The highest BCUT2D eigenvalue weighted by Gasteiger charge is 2.18. The summed E-state index contributed by atoms with van der Waals surface area (Å²) in [6.45, 7) is 2.71. The van der Waals surface area contributed by atoms with Crippen molar-refractivity contribution in [1.29, 1.82) is 0 Å². The summed E-state index contributed by atoms with van der Waals surface area (Å²) in [6, 6.07) is 17.3. The van der Waals surface area contributed by atoms with Gasteiger partial charge in [-0.2, -0.15) is 0 Å². The number of aryl methyl sites for hydroxylation is 1. The SMILES string of the molecule is Cc1nc2ccc(Nc3nc4ccccc4nc3[N-]S(=O)(=O)c3ccc4c(c3)OCCO4)cc2s1. The molecule has 9 nitrogen and oxygen atoms in total. The number of hydrogen-bond acceptors (Lipinski definition) is 9. The Bertz CT molecular complexity index is 1700. The van der Waals surface area contributed by atoms with Crippen LogP contribution in [0.3, 0.4) is 0 Å². The van der Waals surface area contributed by atoms with E-state index in [1.54, 1.807) is 23.5 Å². The van der Waals surface area contributed by atoms with Crippen molar-refractivity contribution in [3.05, 3.63) is 70.4 Å². The van der Waals surface area contributed by atoms with E-state index in [1.165, 1.54) is 12.1 Å². The minimum absolute atomic E-state index is 0.0239.